The number of benzene rings is 1. The predicted molar refractivity (Wildman–Crippen MR) is 113 cm³/mol. The Hall–Kier alpha value is -3.48. The van der Waals surface area contributed by atoms with E-state index in [4.69, 9.17) is 4.74 Å². The van der Waals surface area contributed by atoms with Crippen LogP contribution in [-0.4, -0.2) is 34.7 Å². The molecular formula is C24H23N3O4. The Morgan fingerprint density at radius 1 is 1.13 bits per heavy atom. The monoisotopic (exact) mass is 417 g/mol. The van der Waals surface area contributed by atoms with Crippen LogP contribution >= 0.6 is 0 Å². The van der Waals surface area contributed by atoms with Gasteiger partial charge in [0.25, 0.3) is 0 Å². The Kier molecular flexibility index (Phi) is 4.81. The summed E-state index contributed by atoms with van der Waals surface area (Å²) < 4.78 is 5.33. The molecule has 1 saturated carbocycles. The summed E-state index contributed by atoms with van der Waals surface area (Å²) in [6, 6.07) is 11.7. The normalized spacial score (nSPS) is 26.8. The highest BCUT2D eigenvalue weighted by Crippen LogP contribution is 2.54. The highest BCUT2D eigenvalue weighted by Gasteiger charge is 2.60. The van der Waals surface area contributed by atoms with E-state index in [1.165, 1.54) is 4.90 Å². The molecule has 1 N–H and O–H groups in total. The number of ether oxygens (including phenoxy) is 1. The van der Waals surface area contributed by atoms with Crippen LogP contribution in [0.15, 0.2) is 60.8 Å². The summed E-state index contributed by atoms with van der Waals surface area (Å²) in [6.45, 7) is 0. The number of amides is 3. The van der Waals surface area contributed by atoms with Gasteiger partial charge in [-0.3, -0.25) is 19.3 Å². The topological polar surface area (TPSA) is 88.6 Å². The molecular weight excluding hydrogens is 394 g/mol. The van der Waals surface area contributed by atoms with Crippen molar-refractivity contribution in [1.29, 1.82) is 0 Å². The van der Waals surface area contributed by atoms with E-state index in [9.17, 15) is 14.4 Å². The molecule has 2 aromatic rings. The number of hydrogen-bond donors (Lipinski definition) is 1. The van der Waals surface area contributed by atoms with Crippen molar-refractivity contribution < 1.29 is 19.1 Å². The number of likely N-dealkylation sites (tertiary alicyclic amines) is 1. The van der Waals surface area contributed by atoms with E-state index in [1.54, 1.807) is 49.7 Å². The molecule has 3 amide bonds. The molecule has 7 nitrogen and oxygen atoms in total. The second-order valence-corrected chi connectivity index (χ2v) is 8.31. The van der Waals surface area contributed by atoms with Gasteiger partial charge in [0.15, 0.2) is 0 Å². The van der Waals surface area contributed by atoms with Gasteiger partial charge >= 0.3 is 0 Å². The Morgan fingerprint density at radius 2 is 1.87 bits per heavy atom. The van der Waals surface area contributed by atoms with E-state index in [2.05, 4.69) is 22.5 Å². The number of aromatic nitrogens is 1. The molecule has 2 fully saturated rings. The van der Waals surface area contributed by atoms with Gasteiger partial charge in [0.2, 0.25) is 17.7 Å². The highest BCUT2D eigenvalue weighted by molar-refractivity contribution is 6.07. The lowest BCUT2D eigenvalue weighted by Crippen LogP contribution is -2.38. The summed E-state index contributed by atoms with van der Waals surface area (Å²) in [6.07, 6.45) is 6.53. The third-order valence-corrected chi connectivity index (χ3v) is 6.61. The zero-order valence-electron chi connectivity index (χ0n) is 17.1. The lowest BCUT2D eigenvalue weighted by atomic mass is 9.85. The third kappa shape index (κ3) is 3.30. The van der Waals surface area contributed by atoms with Crippen molar-refractivity contribution in [3.05, 3.63) is 66.4 Å². The van der Waals surface area contributed by atoms with Crippen molar-refractivity contribution in [2.24, 2.45) is 23.7 Å². The van der Waals surface area contributed by atoms with E-state index in [-0.39, 0.29) is 47.8 Å². The van der Waals surface area contributed by atoms with Crippen LogP contribution in [0.25, 0.3) is 0 Å². The van der Waals surface area contributed by atoms with Crippen LogP contribution in [0.1, 0.15) is 24.4 Å². The van der Waals surface area contributed by atoms with E-state index in [1.807, 2.05) is 6.07 Å². The van der Waals surface area contributed by atoms with Crippen molar-refractivity contribution in [2.45, 2.75) is 18.9 Å². The molecule has 1 aromatic heterocycles. The van der Waals surface area contributed by atoms with Gasteiger partial charge in [0.1, 0.15) is 11.6 Å². The average Bonchev–Trinajstić information content (AvgIpc) is 3.47. The molecule has 0 spiro atoms. The van der Waals surface area contributed by atoms with Crippen molar-refractivity contribution in [3.63, 3.8) is 0 Å². The maximum absolute atomic E-state index is 13.4. The molecule has 2 bridgehead atoms. The summed E-state index contributed by atoms with van der Waals surface area (Å²) in [5, 5.41) is 2.76. The number of allylic oxidation sites excluding steroid dienone is 2. The van der Waals surface area contributed by atoms with Gasteiger partial charge in [0, 0.05) is 6.20 Å². The SMILES string of the molecule is COc1cccc(C(CC(=O)Nc2ccccn2)N2C(=O)C3C4C=CC(C4)C3C2=O)c1. The molecule has 5 unspecified atom stereocenters. The van der Waals surface area contributed by atoms with Crippen LogP contribution in [0.5, 0.6) is 5.75 Å². The average molecular weight is 417 g/mol. The van der Waals surface area contributed by atoms with E-state index >= 15 is 0 Å². The Labute approximate surface area is 180 Å². The van der Waals surface area contributed by atoms with Crippen LogP contribution in [0.3, 0.4) is 0 Å². The number of anilines is 1. The fourth-order valence-electron chi connectivity index (χ4n) is 5.25. The first-order valence-electron chi connectivity index (χ1n) is 10.5. The van der Waals surface area contributed by atoms with Crippen molar-refractivity contribution in [2.75, 3.05) is 12.4 Å². The smallest absolute Gasteiger partial charge is 0.234 e. The molecule has 1 aliphatic heterocycles. The minimum atomic E-state index is -0.705. The maximum atomic E-state index is 13.4. The number of fused-ring (bicyclic) bond motifs is 5. The van der Waals surface area contributed by atoms with Gasteiger partial charge in [-0.05, 0) is 48.1 Å². The standard InChI is InChI=1S/C24H23N3O4/c1-31-17-6-4-5-14(12-17)18(13-20(28)26-19-7-2-3-10-25-19)27-23(29)21-15-8-9-16(11-15)22(21)24(27)30/h2-10,12,15-16,18,21-22H,11,13H2,1H3,(H,25,26,28). The zero-order chi connectivity index (χ0) is 21.5. The first-order valence-corrected chi connectivity index (χ1v) is 10.5. The number of methoxy groups -OCH3 is 1. The van der Waals surface area contributed by atoms with Crippen LogP contribution in [0.2, 0.25) is 0 Å². The van der Waals surface area contributed by atoms with Gasteiger partial charge in [-0.25, -0.2) is 4.98 Å². The lowest BCUT2D eigenvalue weighted by molar-refractivity contribution is -0.144. The van der Waals surface area contributed by atoms with Crippen LogP contribution < -0.4 is 10.1 Å². The molecule has 7 heteroatoms. The number of pyridine rings is 1. The predicted octanol–water partition coefficient (Wildman–Crippen LogP) is 2.97. The molecule has 31 heavy (non-hydrogen) atoms. The summed E-state index contributed by atoms with van der Waals surface area (Å²) in [5.41, 5.74) is 0.692. The number of carbonyl (C=O) groups excluding carboxylic acids is 3. The van der Waals surface area contributed by atoms with Gasteiger partial charge < -0.3 is 10.1 Å². The van der Waals surface area contributed by atoms with Crippen LogP contribution in [-0.2, 0) is 14.4 Å². The first kappa shape index (κ1) is 19.5. The summed E-state index contributed by atoms with van der Waals surface area (Å²) >= 11 is 0. The minimum absolute atomic E-state index is 0.0522. The van der Waals surface area contributed by atoms with Crippen molar-refractivity contribution in [3.8, 4) is 5.75 Å². The fourth-order valence-corrected chi connectivity index (χ4v) is 5.25. The van der Waals surface area contributed by atoms with Crippen molar-refractivity contribution >= 4 is 23.5 Å². The Balaban J connectivity index is 1.46. The van der Waals surface area contributed by atoms with Gasteiger partial charge in [-0.1, -0.05) is 30.4 Å². The van der Waals surface area contributed by atoms with Crippen LogP contribution in [0.4, 0.5) is 5.82 Å². The molecule has 5 rings (SSSR count). The minimum Gasteiger partial charge on any atom is -0.497 e. The molecule has 1 saturated heterocycles. The van der Waals surface area contributed by atoms with E-state index < -0.39 is 6.04 Å². The number of rotatable bonds is 6. The quantitative estimate of drug-likeness (QED) is 0.577. The third-order valence-electron chi connectivity index (χ3n) is 6.61. The Bertz CT molecular complexity index is 1040. The van der Waals surface area contributed by atoms with Gasteiger partial charge in [-0.2, -0.15) is 0 Å². The second-order valence-electron chi connectivity index (χ2n) is 8.31. The number of nitrogens with zero attached hydrogens (tertiary/aromatic N) is 2. The molecule has 3 aliphatic rings. The van der Waals surface area contributed by atoms with Gasteiger partial charge in [0.05, 0.1) is 31.4 Å². The summed E-state index contributed by atoms with van der Waals surface area (Å²) in [5.74, 6) is -0.0249. The molecule has 5 atom stereocenters. The largest absolute Gasteiger partial charge is 0.497 e. The second kappa shape index (κ2) is 7.65. The summed E-state index contributed by atoms with van der Waals surface area (Å²) in [4.78, 5) is 45.1. The number of hydrogen-bond acceptors (Lipinski definition) is 5. The van der Waals surface area contributed by atoms with Gasteiger partial charge in [-0.15, -0.1) is 0 Å². The number of nitrogens with one attached hydrogen (secondary N) is 1. The molecule has 1 aromatic carbocycles. The first-order chi connectivity index (χ1) is 15.1. The highest BCUT2D eigenvalue weighted by atomic mass is 16.5. The molecule has 2 heterocycles. The lowest BCUT2D eigenvalue weighted by Gasteiger charge is -2.28. The van der Waals surface area contributed by atoms with E-state index in [0.717, 1.165) is 6.42 Å². The molecule has 0 radical (unpaired) electrons. The molecule has 158 valence electrons. The fraction of sp³-hybridized carbons (Fsp3) is 0.333. The zero-order valence-corrected chi connectivity index (χ0v) is 17.1. The van der Waals surface area contributed by atoms with Crippen molar-refractivity contribution in [1.82, 2.24) is 9.88 Å². The summed E-state index contributed by atoms with van der Waals surface area (Å²) in [7, 11) is 1.56. The number of carbonyl (C=O) groups is 3. The van der Waals surface area contributed by atoms with Crippen LogP contribution in [0, 0.1) is 23.7 Å². The molecule has 2 aliphatic carbocycles. The Morgan fingerprint density at radius 3 is 2.52 bits per heavy atom. The maximum Gasteiger partial charge on any atom is 0.234 e. The van der Waals surface area contributed by atoms with E-state index in [0.29, 0.717) is 17.1 Å². The number of imide groups is 1.